The Morgan fingerprint density at radius 2 is 2.35 bits per heavy atom. The lowest BCUT2D eigenvalue weighted by Gasteiger charge is -2.35. The second-order valence-corrected chi connectivity index (χ2v) is 4.83. The minimum absolute atomic E-state index is 0.232. The Labute approximate surface area is 103 Å². The number of carbonyl (C=O) groups is 2. The maximum atomic E-state index is 12.0. The average Bonchev–Trinajstić information content (AvgIpc) is 2.81. The van der Waals surface area contributed by atoms with Crippen LogP contribution in [0.3, 0.4) is 0 Å². The fourth-order valence-corrected chi connectivity index (χ4v) is 2.43. The first kappa shape index (κ1) is 12.0. The van der Waals surface area contributed by atoms with Crippen molar-refractivity contribution in [3.05, 3.63) is 11.9 Å². The van der Waals surface area contributed by atoms with Crippen LogP contribution in [0.4, 0.5) is 0 Å². The maximum absolute atomic E-state index is 12.0. The van der Waals surface area contributed by atoms with E-state index in [1.807, 2.05) is 6.92 Å². The third-order valence-electron chi connectivity index (χ3n) is 2.99. The molecule has 0 aromatic carbocycles. The topological polar surface area (TPSA) is 83.4 Å². The molecule has 0 aliphatic carbocycles. The summed E-state index contributed by atoms with van der Waals surface area (Å²) in [5, 5.41) is 9.15. The van der Waals surface area contributed by atoms with Gasteiger partial charge < -0.3 is 10.0 Å². The number of carbonyl (C=O) groups excluding carboxylic acids is 1. The van der Waals surface area contributed by atoms with Crippen molar-refractivity contribution in [2.24, 2.45) is 5.92 Å². The lowest BCUT2D eigenvalue weighted by molar-refractivity contribution is -0.144. The molecular weight excluding hydrogens is 242 g/mol. The number of aromatic nitrogens is 2. The van der Waals surface area contributed by atoms with Gasteiger partial charge in [0, 0.05) is 6.54 Å². The van der Waals surface area contributed by atoms with Crippen molar-refractivity contribution in [3.63, 3.8) is 0 Å². The summed E-state index contributed by atoms with van der Waals surface area (Å²) in [6.45, 7) is 2.47. The molecule has 1 amide bonds. The van der Waals surface area contributed by atoms with Crippen molar-refractivity contribution < 1.29 is 14.7 Å². The summed E-state index contributed by atoms with van der Waals surface area (Å²) in [6.07, 6.45) is 2.70. The number of aliphatic carboxylic acids is 1. The quantitative estimate of drug-likeness (QED) is 0.847. The zero-order valence-electron chi connectivity index (χ0n) is 9.37. The molecule has 92 valence electrons. The average molecular weight is 255 g/mol. The van der Waals surface area contributed by atoms with E-state index in [-0.39, 0.29) is 11.6 Å². The van der Waals surface area contributed by atoms with Crippen LogP contribution in [0.5, 0.6) is 0 Å². The number of carboxylic acids is 1. The Kier molecular flexibility index (Phi) is 3.37. The van der Waals surface area contributed by atoms with Crippen LogP contribution in [-0.4, -0.2) is 43.2 Å². The Bertz CT molecular complexity index is 420. The molecule has 1 fully saturated rings. The molecule has 2 rings (SSSR count). The van der Waals surface area contributed by atoms with Crippen LogP contribution in [0.2, 0.25) is 0 Å². The van der Waals surface area contributed by atoms with E-state index in [1.54, 1.807) is 0 Å². The van der Waals surface area contributed by atoms with Crippen LogP contribution >= 0.6 is 11.7 Å². The van der Waals surface area contributed by atoms with Gasteiger partial charge in [0.1, 0.15) is 6.04 Å². The van der Waals surface area contributed by atoms with Gasteiger partial charge in [0.05, 0.1) is 17.9 Å². The number of rotatable bonds is 2. The van der Waals surface area contributed by atoms with Crippen molar-refractivity contribution >= 4 is 23.6 Å². The highest BCUT2D eigenvalue weighted by Crippen LogP contribution is 2.24. The van der Waals surface area contributed by atoms with E-state index in [9.17, 15) is 9.59 Å². The first-order chi connectivity index (χ1) is 8.09. The number of hydrogen-bond acceptors (Lipinski definition) is 5. The Balaban J connectivity index is 2.18. The molecule has 7 heteroatoms. The molecule has 0 saturated carbocycles. The summed E-state index contributed by atoms with van der Waals surface area (Å²) < 4.78 is 7.61. The number of hydrogen-bond donors (Lipinski definition) is 1. The van der Waals surface area contributed by atoms with Gasteiger partial charge in [-0.2, -0.15) is 8.75 Å². The van der Waals surface area contributed by atoms with Crippen molar-refractivity contribution in [3.8, 4) is 0 Å². The zero-order valence-corrected chi connectivity index (χ0v) is 10.2. The summed E-state index contributed by atoms with van der Waals surface area (Å²) in [4.78, 5) is 24.6. The smallest absolute Gasteiger partial charge is 0.326 e. The number of amides is 1. The third-order valence-corrected chi connectivity index (χ3v) is 3.47. The van der Waals surface area contributed by atoms with E-state index in [0.717, 1.165) is 18.1 Å². The second-order valence-electron chi connectivity index (χ2n) is 4.27. The minimum atomic E-state index is -0.951. The summed E-state index contributed by atoms with van der Waals surface area (Å²) in [7, 11) is 0. The molecule has 2 unspecified atom stereocenters. The lowest BCUT2D eigenvalue weighted by atomic mass is 9.92. The first-order valence-corrected chi connectivity index (χ1v) is 6.14. The van der Waals surface area contributed by atoms with Crippen molar-refractivity contribution in [2.45, 2.75) is 25.8 Å². The second kappa shape index (κ2) is 4.79. The molecule has 2 atom stereocenters. The fraction of sp³-hybridized carbons (Fsp3) is 0.600. The lowest BCUT2D eigenvalue weighted by Crippen LogP contribution is -2.49. The SMILES string of the molecule is CC1CCN(C(=O)c2cnsn2)C(C(=O)O)C1. The van der Waals surface area contributed by atoms with Gasteiger partial charge in [-0.1, -0.05) is 6.92 Å². The van der Waals surface area contributed by atoms with Gasteiger partial charge in [-0.25, -0.2) is 4.79 Å². The predicted molar refractivity (Wildman–Crippen MR) is 60.8 cm³/mol. The number of piperidine rings is 1. The molecule has 17 heavy (non-hydrogen) atoms. The van der Waals surface area contributed by atoms with Crippen molar-refractivity contribution in [1.82, 2.24) is 13.6 Å². The zero-order chi connectivity index (χ0) is 12.4. The monoisotopic (exact) mass is 255 g/mol. The van der Waals surface area contributed by atoms with E-state index < -0.39 is 12.0 Å². The highest BCUT2D eigenvalue weighted by Gasteiger charge is 2.35. The number of carboxylic acid groups (broad SMARTS) is 1. The maximum Gasteiger partial charge on any atom is 0.326 e. The van der Waals surface area contributed by atoms with Crippen LogP contribution in [0.15, 0.2) is 6.20 Å². The molecule has 1 aliphatic rings. The predicted octanol–water partition coefficient (Wildman–Crippen LogP) is 0.863. The molecule has 1 aromatic rings. The molecule has 1 aliphatic heterocycles. The van der Waals surface area contributed by atoms with Crippen LogP contribution in [0.25, 0.3) is 0 Å². The van der Waals surface area contributed by atoms with Gasteiger partial charge in [-0.05, 0) is 18.8 Å². The molecule has 2 heterocycles. The summed E-state index contributed by atoms with van der Waals surface area (Å²) >= 11 is 0.947. The normalized spacial score (nSPS) is 24.6. The van der Waals surface area contributed by atoms with Gasteiger partial charge in [0.2, 0.25) is 0 Å². The van der Waals surface area contributed by atoms with E-state index in [4.69, 9.17) is 5.11 Å². The van der Waals surface area contributed by atoms with Crippen LogP contribution in [-0.2, 0) is 4.79 Å². The van der Waals surface area contributed by atoms with Gasteiger partial charge >= 0.3 is 5.97 Å². The van der Waals surface area contributed by atoms with Gasteiger partial charge in [-0.15, -0.1) is 0 Å². The minimum Gasteiger partial charge on any atom is -0.480 e. The highest BCUT2D eigenvalue weighted by atomic mass is 32.1. The fourth-order valence-electron chi connectivity index (χ4n) is 2.02. The van der Waals surface area contributed by atoms with Gasteiger partial charge in [-0.3, -0.25) is 4.79 Å². The third kappa shape index (κ3) is 2.44. The number of nitrogens with zero attached hydrogens (tertiary/aromatic N) is 3. The highest BCUT2D eigenvalue weighted by molar-refractivity contribution is 6.99. The van der Waals surface area contributed by atoms with E-state index in [1.165, 1.54) is 11.1 Å². The first-order valence-electron chi connectivity index (χ1n) is 5.41. The standard InChI is InChI=1S/C10H13N3O3S/c1-6-2-3-13(8(4-6)10(15)16)9(14)7-5-11-17-12-7/h5-6,8H,2-4H2,1H3,(H,15,16). The van der Waals surface area contributed by atoms with E-state index >= 15 is 0 Å². The number of likely N-dealkylation sites (tertiary alicyclic amines) is 1. The molecule has 1 aromatic heterocycles. The van der Waals surface area contributed by atoms with Crippen LogP contribution in [0, 0.1) is 5.92 Å². The molecular formula is C10H13N3O3S. The Morgan fingerprint density at radius 3 is 2.94 bits per heavy atom. The summed E-state index contributed by atoms with van der Waals surface area (Å²) in [5.74, 6) is -0.958. The molecule has 0 spiro atoms. The largest absolute Gasteiger partial charge is 0.480 e. The Morgan fingerprint density at radius 1 is 1.59 bits per heavy atom. The van der Waals surface area contributed by atoms with Crippen molar-refractivity contribution in [2.75, 3.05) is 6.54 Å². The van der Waals surface area contributed by atoms with Crippen molar-refractivity contribution in [1.29, 1.82) is 0 Å². The van der Waals surface area contributed by atoms with E-state index in [2.05, 4.69) is 8.75 Å². The summed E-state index contributed by atoms with van der Waals surface area (Å²) in [5.41, 5.74) is 0.232. The molecule has 1 N–H and O–H groups in total. The molecule has 1 saturated heterocycles. The Hall–Kier alpha value is -1.50. The molecule has 0 bridgehead atoms. The summed E-state index contributed by atoms with van der Waals surface area (Å²) in [6, 6.07) is -0.743. The van der Waals surface area contributed by atoms with Gasteiger partial charge in [0.25, 0.3) is 5.91 Å². The van der Waals surface area contributed by atoms with Crippen LogP contribution < -0.4 is 0 Å². The van der Waals surface area contributed by atoms with E-state index in [0.29, 0.717) is 18.9 Å². The molecule has 0 radical (unpaired) electrons. The van der Waals surface area contributed by atoms with Crippen LogP contribution in [0.1, 0.15) is 30.3 Å². The van der Waals surface area contributed by atoms with Gasteiger partial charge in [0.15, 0.2) is 5.69 Å². The molecule has 6 nitrogen and oxygen atoms in total.